The molecule has 15 heavy (non-hydrogen) atoms. The number of carboxylic acids is 1. The molecular formula is C10H18N2O3. The first kappa shape index (κ1) is 13.6. The van der Waals surface area contributed by atoms with E-state index in [9.17, 15) is 9.59 Å². The number of carbonyl (C=O) groups is 2. The van der Waals surface area contributed by atoms with E-state index in [0.717, 1.165) is 0 Å². The summed E-state index contributed by atoms with van der Waals surface area (Å²) in [5, 5.41) is 8.85. The van der Waals surface area contributed by atoms with Crippen LogP contribution in [0.2, 0.25) is 0 Å². The zero-order valence-corrected chi connectivity index (χ0v) is 9.14. The SMILES string of the molecule is C=CCC(N)C(=O)N(C)C(CC)C(=O)O. The fourth-order valence-electron chi connectivity index (χ4n) is 1.31. The molecule has 0 aliphatic rings. The van der Waals surface area contributed by atoms with Crippen LogP contribution in [0.15, 0.2) is 12.7 Å². The quantitative estimate of drug-likeness (QED) is 0.619. The maximum Gasteiger partial charge on any atom is 0.326 e. The van der Waals surface area contributed by atoms with Gasteiger partial charge < -0.3 is 15.7 Å². The summed E-state index contributed by atoms with van der Waals surface area (Å²) in [6.45, 7) is 5.19. The Morgan fingerprint density at radius 1 is 1.60 bits per heavy atom. The molecule has 0 rings (SSSR count). The molecule has 2 unspecified atom stereocenters. The maximum absolute atomic E-state index is 11.6. The van der Waals surface area contributed by atoms with E-state index >= 15 is 0 Å². The second kappa shape index (κ2) is 6.19. The van der Waals surface area contributed by atoms with E-state index in [1.807, 2.05) is 0 Å². The van der Waals surface area contributed by atoms with Crippen molar-refractivity contribution in [3.8, 4) is 0 Å². The predicted octanol–water partition coefficient (Wildman–Crippen LogP) is 0.211. The average molecular weight is 214 g/mol. The highest BCUT2D eigenvalue weighted by Crippen LogP contribution is 2.05. The number of carbonyl (C=O) groups excluding carboxylic acids is 1. The van der Waals surface area contributed by atoms with Gasteiger partial charge in [0.1, 0.15) is 6.04 Å². The Bertz CT molecular complexity index is 253. The zero-order valence-electron chi connectivity index (χ0n) is 9.14. The third-order valence-electron chi connectivity index (χ3n) is 2.22. The molecule has 0 saturated carbocycles. The largest absolute Gasteiger partial charge is 0.480 e. The molecule has 1 amide bonds. The molecule has 0 aliphatic heterocycles. The van der Waals surface area contributed by atoms with Crippen LogP contribution in [0.5, 0.6) is 0 Å². The molecule has 0 aromatic carbocycles. The fraction of sp³-hybridized carbons (Fsp3) is 0.600. The van der Waals surface area contributed by atoms with Gasteiger partial charge in [-0.2, -0.15) is 0 Å². The highest BCUT2D eigenvalue weighted by atomic mass is 16.4. The van der Waals surface area contributed by atoms with Gasteiger partial charge >= 0.3 is 5.97 Å². The number of nitrogens with two attached hydrogens (primary N) is 1. The molecule has 0 aliphatic carbocycles. The Hall–Kier alpha value is -1.36. The summed E-state index contributed by atoms with van der Waals surface area (Å²) in [7, 11) is 1.45. The monoisotopic (exact) mass is 214 g/mol. The summed E-state index contributed by atoms with van der Waals surface area (Å²) in [5.41, 5.74) is 5.57. The molecule has 5 nitrogen and oxygen atoms in total. The minimum absolute atomic E-state index is 0.346. The lowest BCUT2D eigenvalue weighted by Gasteiger charge is -2.26. The Labute approximate surface area is 89.6 Å². The molecular weight excluding hydrogens is 196 g/mol. The molecule has 86 valence electrons. The van der Waals surface area contributed by atoms with Crippen LogP contribution in [-0.2, 0) is 9.59 Å². The molecule has 0 aromatic rings. The van der Waals surface area contributed by atoms with E-state index in [4.69, 9.17) is 10.8 Å². The highest BCUT2D eigenvalue weighted by molar-refractivity contribution is 5.86. The molecule has 0 bridgehead atoms. The molecule has 2 atom stereocenters. The Morgan fingerprint density at radius 2 is 2.13 bits per heavy atom. The fourth-order valence-corrected chi connectivity index (χ4v) is 1.31. The van der Waals surface area contributed by atoms with Gasteiger partial charge in [0.15, 0.2) is 0 Å². The number of hydrogen-bond acceptors (Lipinski definition) is 3. The van der Waals surface area contributed by atoms with Gasteiger partial charge in [-0.25, -0.2) is 4.79 Å². The third-order valence-corrected chi connectivity index (χ3v) is 2.22. The minimum atomic E-state index is -1.01. The van der Waals surface area contributed by atoms with E-state index in [0.29, 0.717) is 12.8 Å². The summed E-state index contributed by atoms with van der Waals surface area (Å²) >= 11 is 0. The Balaban J connectivity index is 4.53. The first-order valence-electron chi connectivity index (χ1n) is 4.81. The normalized spacial score (nSPS) is 14.1. The molecule has 3 N–H and O–H groups in total. The minimum Gasteiger partial charge on any atom is -0.480 e. The number of likely N-dealkylation sites (N-methyl/N-ethyl adjacent to an activating group) is 1. The zero-order chi connectivity index (χ0) is 12.0. The number of rotatable bonds is 6. The van der Waals surface area contributed by atoms with E-state index < -0.39 is 18.1 Å². The average Bonchev–Trinajstić information content (AvgIpc) is 2.17. The van der Waals surface area contributed by atoms with Gasteiger partial charge in [-0.05, 0) is 12.8 Å². The lowest BCUT2D eigenvalue weighted by atomic mass is 10.1. The van der Waals surface area contributed by atoms with E-state index in [2.05, 4.69) is 6.58 Å². The van der Waals surface area contributed by atoms with E-state index in [-0.39, 0.29) is 5.91 Å². The summed E-state index contributed by atoms with van der Waals surface area (Å²) in [6.07, 6.45) is 2.25. The van der Waals surface area contributed by atoms with Gasteiger partial charge in [-0.3, -0.25) is 4.79 Å². The second-order valence-corrected chi connectivity index (χ2v) is 3.34. The Morgan fingerprint density at radius 3 is 2.47 bits per heavy atom. The molecule has 0 aromatic heterocycles. The number of hydrogen-bond donors (Lipinski definition) is 2. The summed E-state index contributed by atoms with van der Waals surface area (Å²) in [4.78, 5) is 23.6. The molecule has 5 heteroatoms. The number of nitrogens with zero attached hydrogens (tertiary/aromatic N) is 1. The first-order chi connectivity index (χ1) is 6.95. The van der Waals surface area contributed by atoms with Crippen LogP contribution < -0.4 is 5.73 Å². The molecule has 0 spiro atoms. The maximum atomic E-state index is 11.6. The van der Waals surface area contributed by atoms with Crippen molar-refractivity contribution in [1.29, 1.82) is 0 Å². The number of carboxylic acid groups (broad SMARTS) is 1. The molecule has 0 fully saturated rings. The van der Waals surface area contributed by atoms with E-state index in [1.54, 1.807) is 6.92 Å². The van der Waals surface area contributed by atoms with Crippen molar-refractivity contribution in [2.75, 3.05) is 7.05 Å². The van der Waals surface area contributed by atoms with Gasteiger partial charge in [0.2, 0.25) is 5.91 Å². The van der Waals surface area contributed by atoms with Crippen molar-refractivity contribution in [3.63, 3.8) is 0 Å². The van der Waals surface area contributed by atoms with Crippen molar-refractivity contribution < 1.29 is 14.7 Å². The smallest absolute Gasteiger partial charge is 0.326 e. The molecule has 0 saturated heterocycles. The van der Waals surface area contributed by atoms with Crippen LogP contribution in [0.1, 0.15) is 19.8 Å². The van der Waals surface area contributed by atoms with Crippen LogP contribution in [0.3, 0.4) is 0 Å². The van der Waals surface area contributed by atoms with Crippen LogP contribution in [0.25, 0.3) is 0 Å². The van der Waals surface area contributed by atoms with Gasteiger partial charge in [-0.1, -0.05) is 13.0 Å². The first-order valence-corrected chi connectivity index (χ1v) is 4.81. The van der Waals surface area contributed by atoms with Gasteiger partial charge in [0, 0.05) is 7.05 Å². The number of amides is 1. The lowest BCUT2D eigenvalue weighted by Crippen LogP contribution is -2.49. The van der Waals surface area contributed by atoms with Gasteiger partial charge in [0.25, 0.3) is 0 Å². The molecule has 0 radical (unpaired) electrons. The second-order valence-electron chi connectivity index (χ2n) is 3.34. The van der Waals surface area contributed by atoms with Crippen molar-refractivity contribution in [2.24, 2.45) is 5.73 Å². The summed E-state index contributed by atoms with van der Waals surface area (Å²) < 4.78 is 0. The molecule has 0 heterocycles. The van der Waals surface area contributed by atoms with Gasteiger partial charge in [-0.15, -0.1) is 6.58 Å². The van der Waals surface area contributed by atoms with Crippen molar-refractivity contribution in [1.82, 2.24) is 4.90 Å². The lowest BCUT2D eigenvalue weighted by molar-refractivity contribution is -0.149. The van der Waals surface area contributed by atoms with Crippen molar-refractivity contribution in [3.05, 3.63) is 12.7 Å². The third kappa shape index (κ3) is 3.71. The van der Waals surface area contributed by atoms with Crippen molar-refractivity contribution >= 4 is 11.9 Å². The van der Waals surface area contributed by atoms with Crippen LogP contribution >= 0.6 is 0 Å². The topological polar surface area (TPSA) is 83.6 Å². The van der Waals surface area contributed by atoms with Crippen LogP contribution in [0, 0.1) is 0 Å². The van der Waals surface area contributed by atoms with Crippen molar-refractivity contribution in [2.45, 2.75) is 31.8 Å². The van der Waals surface area contributed by atoms with Gasteiger partial charge in [0.05, 0.1) is 6.04 Å². The van der Waals surface area contributed by atoms with Crippen LogP contribution in [0.4, 0.5) is 0 Å². The predicted molar refractivity (Wildman–Crippen MR) is 57.3 cm³/mol. The van der Waals surface area contributed by atoms with Crippen LogP contribution in [-0.4, -0.2) is 41.0 Å². The van der Waals surface area contributed by atoms with E-state index in [1.165, 1.54) is 18.0 Å². The number of aliphatic carboxylic acids is 1. The standard InChI is InChI=1S/C10H18N2O3/c1-4-6-7(11)9(13)12(3)8(5-2)10(14)15/h4,7-8H,1,5-6,11H2,2-3H3,(H,14,15). The summed E-state index contributed by atoms with van der Waals surface area (Å²) in [6, 6.07) is -1.52. The summed E-state index contributed by atoms with van der Waals surface area (Å²) in [5.74, 6) is -1.39. The highest BCUT2D eigenvalue weighted by Gasteiger charge is 2.27. The Kier molecular flexibility index (Phi) is 5.62.